The number of nitrogens with zero attached hydrogens (tertiary/aromatic N) is 4. The number of aliphatic carboxylic acids is 1. The normalized spacial score (nSPS) is 17.1. The fraction of sp³-hybridized carbons (Fsp3) is 0.321. The van der Waals surface area contributed by atoms with Gasteiger partial charge in [0.1, 0.15) is 5.69 Å². The molecule has 1 aliphatic carbocycles. The third-order valence-electron chi connectivity index (χ3n) is 7.12. The Hall–Kier alpha value is -4.32. The highest BCUT2D eigenvalue weighted by Gasteiger charge is 2.27. The average Bonchev–Trinajstić information content (AvgIpc) is 3.23. The van der Waals surface area contributed by atoms with Gasteiger partial charge in [-0.25, -0.2) is 23.4 Å². The fourth-order valence-corrected chi connectivity index (χ4v) is 5.33. The van der Waals surface area contributed by atoms with Crippen LogP contribution in [-0.4, -0.2) is 48.7 Å². The molecule has 10 nitrogen and oxygen atoms in total. The van der Waals surface area contributed by atoms with Crippen molar-refractivity contribution in [3.8, 4) is 11.6 Å². The lowest BCUT2D eigenvalue weighted by Crippen LogP contribution is -2.39. The maximum Gasteiger partial charge on any atom is 0.341 e. The summed E-state index contributed by atoms with van der Waals surface area (Å²) >= 11 is 5.88. The van der Waals surface area contributed by atoms with Crippen molar-refractivity contribution < 1.29 is 28.2 Å². The smallest absolute Gasteiger partial charge is 0.341 e. The van der Waals surface area contributed by atoms with Crippen molar-refractivity contribution in [3.63, 3.8) is 0 Å². The number of benzene rings is 1. The summed E-state index contributed by atoms with van der Waals surface area (Å²) in [6, 6.07) is 11.6. The Kier molecular flexibility index (Phi) is 8.29. The second-order valence-corrected chi connectivity index (χ2v) is 10.3. The second kappa shape index (κ2) is 12.0. The average molecular weight is 586 g/mol. The van der Waals surface area contributed by atoms with Crippen LogP contribution in [0.15, 0.2) is 59.7 Å². The largest absolute Gasteiger partial charge is 0.479 e. The molecule has 3 aromatic heterocycles. The van der Waals surface area contributed by atoms with Crippen molar-refractivity contribution in [2.24, 2.45) is 5.92 Å². The van der Waals surface area contributed by atoms with Crippen molar-refractivity contribution in [3.05, 3.63) is 81.6 Å². The van der Waals surface area contributed by atoms with Crippen LogP contribution < -0.4 is 15.7 Å². The molecule has 0 radical (unpaired) electrons. The molecule has 13 heteroatoms. The van der Waals surface area contributed by atoms with E-state index in [-0.39, 0.29) is 34.1 Å². The van der Waals surface area contributed by atoms with E-state index in [4.69, 9.17) is 21.4 Å². The molecule has 1 aromatic carbocycles. The molecule has 1 saturated carbocycles. The molecule has 41 heavy (non-hydrogen) atoms. The Labute approximate surface area is 237 Å². The van der Waals surface area contributed by atoms with Gasteiger partial charge in [-0.15, -0.1) is 0 Å². The molecule has 214 valence electrons. The third-order valence-corrected chi connectivity index (χ3v) is 7.32. The number of hydrogen-bond donors (Lipinski definition) is 2. The number of carbonyl (C=O) groups is 2. The molecular formula is C28H26ClF2N5O5. The number of aromatic nitrogens is 4. The van der Waals surface area contributed by atoms with E-state index in [0.717, 1.165) is 24.6 Å². The van der Waals surface area contributed by atoms with Crippen LogP contribution in [-0.2, 0) is 11.3 Å². The maximum absolute atomic E-state index is 13.6. The van der Waals surface area contributed by atoms with Crippen molar-refractivity contribution >= 4 is 34.5 Å². The molecule has 1 fully saturated rings. The maximum atomic E-state index is 13.6. The number of pyridine rings is 2. The molecule has 5 rings (SSSR count). The number of halogens is 3. The molecule has 0 atom stereocenters. The quantitative estimate of drug-likeness (QED) is 0.293. The minimum Gasteiger partial charge on any atom is -0.479 e. The lowest BCUT2D eigenvalue weighted by atomic mass is 9.85. The Morgan fingerprint density at radius 2 is 1.80 bits per heavy atom. The Morgan fingerprint density at radius 3 is 2.46 bits per heavy atom. The number of alkyl halides is 2. The Balaban J connectivity index is 1.28. The minimum atomic E-state index is -2.90. The molecule has 0 aliphatic heterocycles. The van der Waals surface area contributed by atoms with Gasteiger partial charge in [0.25, 0.3) is 12.3 Å². The number of imidazole rings is 1. The zero-order valence-corrected chi connectivity index (χ0v) is 22.4. The Morgan fingerprint density at radius 1 is 1.07 bits per heavy atom. The van der Waals surface area contributed by atoms with Crippen LogP contribution in [0.3, 0.4) is 0 Å². The second-order valence-electron chi connectivity index (χ2n) is 9.83. The number of ether oxygens (including phenoxy) is 1. The summed E-state index contributed by atoms with van der Waals surface area (Å²) in [4.78, 5) is 44.8. The third kappa shape index (κ3) is 6.22. The monoisotopic (exact) mass is 585 g/mol. The number of fused-ring (bicyclic) bond motifs is 1. The summed E-state index contributed by atoms with van der Waals surface area (Å²) < 4.78 is 35.0. The highest BCUT2D eigenvalue weighted by Crippen LogP contribution is 2.29. The minimum absolute atomic E-state index is 0.103. The van der Waals surface area contributed by atoms with Gasteiger partial charge in [0.05, 0.1) is 33.5 Å². The highest BCUT2D eigenvalue weighted by atomic mass is 35.5. The number of carboxylic acid groups (broad SMARTS) is 1. The van der Waals surface area contributed by atoms with Gasteiger partial charge in [-0.2, -0.15) is 0 Å². The molecule has 0 bridgehead atoms. The predicted molar refractivity (Wildman–Crippen MR) is 146 cm³/mol. The molecule has 4 aromatic rings. The van der Waals surface area contributed by atoms with E-state index >= 15 is 0 Å². The fourth-order valence-electron chi connectivity index (χ4n) is 5.18. The lowest BCUT2D eigenvalue weighted by Gasteiger charge is -2.29. The van der Waals surface area contributed by atoms with Gasteiger partial charge in [0, 0.05) is 24.8 Å². The number of hydrogen-bond acceptors (Lipinski definition) is 6. The number of carboxylic acids is 1. The summed E-state index contributed by atoms with van der Waals surface area (Å²) in [6.07, 6.45) is 2.35. The first-order chi connectivity index (χ1) is 19.7. The first-order valence-corrected chi connectivity index (χ1v) is 13.3. The summed E-state index contributed by atoms with van der Waals surface area (Å²) in [7, 11) is 0. The van der Waals surface area contributed by atoms with Crippen LogP contribution in [0.1, 0.15) is 48.2 Å². The zero-order valence-electron chi connectivity index (χ0n) is 21.7. The Bertz CT molecular complexity index is 1630. The molecule has 3 heterocycles. The van der Waals surface area contributed by atoms with Crippen LogP contribution in [0, 0.1) is 5.92 Å². The summed E-state index contributed by atoms with van der Waals surface area (Å²) in [5.41, 5.74) is 0.892. The zero-order chi connectivity index (χ0) is 29.1. The molecule has 1 aliphatic rings. The molecule has 0 unspecified atom stereocenters. The molecular weight excluding hydrogens is 560 g/mol. The van der Waals surface area contributed by atoms with Gasteiger partial charge in [0.15, 0.2) is 6.61 Å². The number of amides is 1. The van der Waals surface area contributed by atoms with Crippen molar-refractivity contribution in [1.82, 2.24) is 24.4 Å². The van der Waals surface area contributed by atoms with Gasteiger partial charge in [-0.3, -0.25) is 18.9 Å². The van der Waals surface area contributed by atoms with Gasteiger partial charge in [-0.1, -0.05) is 23.7 Å². The molecule has 0 spiro atoms. The van der Waals surface area contributed by atoms with Crippen LogP contribution >= 0.6 is 11.6 Å². The highest BCUT2D eigenvalue weighted by molar-refractivity contribution is 6.30. The van der Waals surface area contributed by atoms with E-state index in [1.165, 1.54) is 18.3 Å². The summed E-state index contributed by atoms with van der Waals surface area (Å²) in [6.45, 7) is -0.0555. The van der Waals surface area contributed by atoms with E-state index in [0.29, 0.717) is 30.6 Å². The standard InChI is InChI=1S/C28H26ClF2N5O5/c29-17-11-20(25(26(30)31)33-12-17)27(39)34-18-7-5-16(6-8-18)14-35-21-3-1-2-4-22(21)36(28(35)40)19-9-10-23(32-13-19)41-15-24(37)38/h1-4,9-13,16,18,26H,5-8,14-15H2,(H,34,39)(H,37,38)/t16-,18-. The van der Waals surface area contributed by atoms with Gasteiger partial charge >= 0.3 is 11.7 Å². The van der Waals surface area contributed by atoms with E-state index in [9.17, 15) is 23.2 Å². The van der Waals surface area contributed by atoms with E-state index in [1.807, 2.05) is 24.3 Å². The SMILES string of the molecule is O=C(O)COc1ccc(-n2c(=O)n(C[C@H]3CC[C@H](NC(=O)c4cc(Cl)cnc4C(F)F)CC3)c3ccccc32)cn1. The van der Waals surface area contributed by atoms with Crippen molar-refractivity contribution in [1.29, 1.82) is 0 Å². The van der Waals surface area contributed by atoms with E-state index < -0.39 is 30.6 Å². The van der Waals surface area contributed by atoms with Gasteiger partial charge in [-0.05, 0) is 55.9 Å². The topological polar surface area (TPSA) is 128 Å². The van der Waals surface area contributed by atoms with Crippen LogP contribution in [0.2, 0.25) is 5.02 Å². The van der Waals surface area contributed by atoms with Crippen molar-refractivity contribution in [2.75, 3.05) is 6.61 Å². The number of nitrogens with one attached hydrogen (secondary N) is 1. The molecule has 1 amide bonds. The molecule has 0 saturated heterocycles. The summed E-state index contributed by atoms with van der Waals surface area (Å²) in [5.74, 6) is -1.46. The van der Waals surface area contributed by atoms with E-state index in [1.54, 1.807) is 15.2 Å². The first-order valence-electron chi connectivity index (χ1n) is 13.0. The first kappa shape index (κ1) is 28.2. The molecule has 2 N–H and O–H groups in total. The van der Waals surface area contributed by atoms with E-state index in [2.05, 4.69) is 15.3 Å². The number of carbonyl (C=O) groups excluding carboxylic acids is 1. The van der Waals surface area contributed by atoms with Crippen LogP contribution in [0.4, 0.5) is 8.78 Å². The predicted octanol–water partition coefficient (Wildman–Crippen LogP) is 4.63. The van der Waals surface area contributed by atoms with Crippen LogP contribution in [0.5, 0.6) is 5.88 Å². The van der Waals surface area contributed by atoms with Crippen molar-refractivity contribution in [2.45, 2.75) is 44.7 Å². The number of rotatable bonds is 9. The van der Waals surface area contributed by atoms with Gasteiger partial charge < -0.3 is 15.2 Å². The number of para-hydroxylation sites is 2. The summed E-state index contributed by atoms with van der Waals surface area (Å²) in [5, 5.41) is 11.7. The van der Waals surface area contributed by atoms with Crippen LogP contribution in [0.25, 0.3) is 16.7 Å². The lowest BCUT2D eigenvalue weighted by molar-refractivity contribution is -0.139. The van der Waals surface area contributed by atoms with Gasteiger partial charge in [0.2, 0.25) is 5.88 Å².